The third-order valence-electron chi connectivity index (χ3n) is 2.60. The Balaban J connectivity index is 1.94. The molecule has 3 heteroatoms. The van der Waals surface area contributed by atoms with E-state index in [4.69, 9.17) is 4.74 Å². The molecule has 0 aliphatic rings. The number of ether oxygens (including phenoxy) is 2. The molecule has 0 bridgehead atoms. The van der Waals surface area contributed by atoms with Gasteiger partial charge < -0.3 is 9.47 Å². The quantitative estimate of drug-likeness (QED) is 0.633. The van der Waals surface area contributed by atoms with Crippen LogP contribution < -0.4 is 4.74 Å². The van der Waals surface area contributed by atoms with Gasteiger partial charge in [0.25, 0.3) is 0 Å². The molecule has 0 amide bonds. The fourth-order valence-corrected chi connectivity index (χ4v) is 1.54. The Hall–Kier alpha value is -2.73. The van der Waals surface area contributed by atoms with Gasteiger partial charge >= 0.3 is 5.97 Å². The van der Waals surface area contributed by atoms with E-state index in [0.717, 1.165) is 16.9 Å². The van der Waals surface area contributed by atoms with Crippen molar-refractivity contribution in [3.63, 3.8) is 0 Å². The molecule has 0 N–H and O–H groups in total. The second-order valence-corrected chi connectivity index (χ2v) is 4.04. The van der Waals surface area contributed by atoms with Crippen LogP contribution in [0.1, 0.15) is 11.1 Å². The lowest BCUT2D eigenvalue weighted by atomic mass is 10.1. The van der Waals surface area contributed by atoms with Gasteiger partial charge in [-0.25, -0.2) is 4.79 Å². The predicted molar refractivity (Wildman–Crippen MR) is 76.1 cm³/mol. The molecule has 0 spiro atoms. The minimum atomic E-state index is -0.540. The number of esters is 1. The lowest BCUT2D eigenvalue weighted by Crippen LogP contribution is -1.96. The zero-order chi connectivity index (χ0) is 14.2. The van der Waals surface area contributed by atoms with Crippen LogP contribution in [0.5, 0.6) is 5.75 Å². The second kappa shape index (κ2) is 7.01. The van der Waals surface area contributed by atoms with E-state index >= 15 is 0 Å². The number of hydrogen-bond acceptors (Lipinski definition) is 3. The normalized spacial score (nSPS) is 9.25. The summed E-state index contributed by atoms with van der Waals surface area (Å²) in [6.45, 7) is 0.495. The average molecular weight is 266 g/mol. The first kappa shape index (κ1) is 13.7. The van der Waals surface area contributed by atoms with Crippen LogP contribution in [0.15, 0.2) is 54.6 Å². The highest BCUT2D eigenvalue weighted by atomic mass is 16.5. The molecule has 3 nitrogen and oxygen atoms in total. The highest BCUT2D eigenvalue weighted by Crippen LogP contribution is 2.12. The number of carbonyl (C=O) groups is 1. The zero-order valence-electron chi connectivity index (χ0n) is 11.1. The van der Waals surface area contributed by atoms with E-state index in [0.29, 0.717) is 6.61 Å². The monoisotopic (exact) mass is 266 g/mol. The lowest BCUT2D eigenvalue weighted by Gasteiger charge is -2.05. The molecule has 100 valence electrons. The lowest BCUT2D eigenvalue weighted by molar-refractivity contribution is -0.133. The van der Waals surface area contributed by atoms with Gasteiger partial charge in [0, 0.05) is 11.5 Å². The van der Waals surface area contributed by atoms with Gasteiger partial charge in [0.2, 0.25) is 0 Å². The summed E-state index contributed by atoms with van der Waals surface area (Å²) in [4.78, 5) is 10.9. The van der Waals surface area contributed by atoms with Gasteiger partial charge in [0.05, 0.1) is 7.11 Å². The number of methoxy groups -OCH3 is 1. The Labute approximate surface area is 118 Å². The Morgan fingerprint density at radius 2 is 1.75 bits per heavy atom. The van der Waals surface area contributed by atoms with E-state index in [1.165, 1.54) is 7.11 Å². The number of para-hydroxylation sites is 1. The Morgan fingerprint density at radius 3 is 2.40 bits per heavy atom. The number of benzene rings is 2. The van der Waals surface area contributed by atoms with Crippen LogP contribution in [0.25, 0.3) is 0 Å². The molecule has 2 aromatic rings. The van der Waals surface area contributed by atoms with Gasteiger partial charge in [-0.2, -0.15) is 0 Å². The summed E-state index contributed by atoms with van der Waals surface area (Å²) in [7, 11) is 1.31. The van der Waals surface area contributed by atoms with Gasteiger partial charge in [0.1, 0.15) is 12.4 Å². The Bertz CT molecular complexity index is 619. The molecule has 0 saturated heterocycles. The second-order valence-electron chi connectivity index (χ2n) is 4.04. The maximum absolute atomic E-state index is 10.9. The summed E-state index contributed by atoms with van der Waals surface area (Å²) in [6, 6.07) is 17.2. The van der Waals surface area contributed by atoms with Crippen molar-refractivity contribution < 1.29 is 14.3 Å². The highest BCUT2D eigenvalue weighted by Gasteiger charge is 1.96. The fourth-order valence-electron chi connectivity index (χ4n) is 1.54. The number of rotatable bonds is 3. The number of hydrogen-bond donors (Lipinski definition) is 0. The van der Waals surface area contributed by atoms with Crippen molar-refractivity contribution >= 4 is 5.97 Å². The molecule has 0 atom stereocenters. The molecule has 0 aromatic heterocycles. The van der Waals surface area contributed by atoms with Crippen molar-refractivity contribution in [2.75, 3.05) is 7.11 Å². The largest absolute Gasteiger partial charge is 0.489 e. The topological polar surface area (TPSA) is 35.5 Å². The molecule has 0 fully saturated rings. The maximum Gasteiger partial charge on any atom is 0.384 e. The van der Waals surface area contributed by atoms with E-state index in [2.05, 4.69) is 16.6 Å². The molecule has 0 aliphatic carbocycles. The molecule has 0 saturated carbocycles. The molecule has 2 aromatic carbocycles. The SMILES string of the molecule is COC(=O)C#Cc1ccc(COc2ccccc2)cc1. The van der Waals surface area contributed by atoms with Crippen molar-refractivity contribution in [3.8, 4) is 17.6 Å². The van der Waals surface area contributed by atoms with E-state index in [1.54, 1.807) is 0 Å². The van der Waals surface area contributed by atoms with Crippen LogP contribution in [0, 0.1) is 11.8 Å². The first-order valence-corrected chi connectivity index (χ1v) is 6.14. The summed E-state index contributed by atoms with van der Waals surface area (Å²) in [6.07, 6.45) is 0. The van der Waals surface area contributed by atoms with Gasteiger partial charge in [0.15, 0.2) is 0 Å². The smallest absolute Gasteiger partial charge is 0.384 e. The van der Waals surface area contributed by atoms with Crippen LogP contribution in [-0.2, 0) is 16.1 Å². The van der Waals surface area contributed by atoms with Gasteiger partial charge in [-0.3, -0.25) is 0 Å². The van der Waals surface area contributed by atoms with Crippen molar-refractivity contribution in [1.82, 2.24) is 0 Å². The van der Waals surface area contributed by atoms with E-state index < -0.39 is 5.97 Å². The molecule has 0 heterocycles. The number of carbonyl (C=O) groups excluding carboxylic acids is 1. The van der Waals surface area contributed by atoms with E-state index in [-0.39, 0.29) is 0 Å². The minimum absolute atomic E-state index is 0.495. The Morgan fingerprint density at radius 1 is 1.05 bits per heavy atom. The molecular formula is C17H14O3. The van der Waals surface area contributed by atoms with Crippen LogP contribution in [0.4, 0.5) is 0 Å². The first-order chi connectivity index (χ1) is 9.78. The average Bonchev–Trinajstić information content (AvgIpc) is 2.52. The molecule has 0 unspecified atom stereocenters. The van der Waals surface area contributed by atoms with Gasteiger partial charge in [-0.1, -0.05) is 36.3 Å². The Kier molecular flexibility index (Phi) is 4.80. The van der Waals surface area contributed by atoms with E-state index in [9.17, 15) is 4.79 Å². The van der Waals surface area contributed by atoms with Crippen LogP contribution in [0.3, 0.4) is 0 Å². The summed E-state index contributed by atoms with van der Waals surface area (Å²) in [5.41, 5.74) is 1.80. The molecule has 0 radical (unpaired) electrons. The fraction of sp³-hybridized carbons (Fsp3) is 0.118. The van der Waals surface area contributed by atoms with Gasteiger partial charge in [-0.05, 0) is 29.8 Å². The van der Waals surface area contributed by atoms with Crippen molar-refractivity contribution in [2.45, 2.75) is 6.61 Å². The van der Waals surface area contributed by atoms with Crippen LogP contribution in [-0.4, -0.2) is 13.1 Å². The minimum Gasteiger partial charge on any atom is -0.489 e. The van der Waals surface area contributed by atoms with Crippen molar-refractivity contribution in [1.29, 1.82) is 0 Å². The summed E-state index contributed by atoms with van der Waals surface area (Å²) in [5.74, 6) is 5.41. The van der Waals surface area contributed by atoms with E-state index in [1.807, 2.05) is 54.6 Å². The third-order valence-corrected chi connectivity index (χ3v) is 2.60. The summed E-state index contributed by atoms with van der Waals surface area (Å²) >= 11 is 0. The zero-order valence-corrected chi connectivity index (χ0v) is 11.1. The van der Waals surface area contributed by atoms with Gasteiger partial charge in [-0.15, -0.1) is 0 Å². The molecule has 20 heavy (non-hydrogen) atoms. The predicted octanol–water partition coefficient (Wildman–Crippen LogP) is 2.79. The molecular weight excluding hydrogens is 252 g/mol. The first-order valence-electron chi connectivity index (χ1n) is 6.14. The summed E-state index contributed by atoms with van der Waals surface area (Å²) < 4.78 is 10.1. The summed E-state index contributed by atoms with van der Waals surface area (Å²) in [5, 5.41) is 0. The van der Waals surface area contributed by atoms with Crippen LogP contribution >= 0.6 is 0 Å². The molecule has 2 rings (SSSR count). The van der Waals surface area contributed by atoms with Crippen molar-refractivity contribution in [3.05, 3.63) is 65.7 Å². The maximum atomic E-state index is 10.9. The third kappa shape index (κ3) is 4.18. The van der Waals surface area contributed by atoms with Crippen LogP contribution in [0.2, 0.25) is 0 Å². The standard InChI is InChI=1S/C17H14O3/c1-19-17(18)12-11-14-7-9-15(10-8-14)13-20-16-5-3-2-4-6-16/h2-10H,13H2,1H3. The van der Waals surface area contributed by atoms with Crippen molar-refractivity contribution in [2.24, 2.45) is 0 Å². The highest BCUT2D eigenvalue weighted by molar-refractivity contribution is 5.88. The molecule has 0 aliphatic heterocycles.